The van der Waals surface area contributed by atoms with Crippen molar-refractivity contribution in [2.45, 2.75) is 76.9 Å². The van der Waals surface area contributed by atoms with Crippen molar-refractivity contribution in [2.24, 2.45) is 11.8 Å². The van der Waals surface area contributed by atoms with Crippen LogP contribution in [0.1, 0.15) is 91.0 Å². The lowest BCUT2D eigenvalue weighted by Gasteiger charge is -2.38. The Kier molecular flexibility index (Phi) is 8.92. The second-order valence-electron chi connectivity index (χ2n) is 10.5. The number of alkyl halides is 3. The molecule has 1 aromatic heterocycles. The Morgan fingerprint density at radius 3 is 2.33 bits per heavy atom. The molecule has 2 saturated carbocycles. The van der Waals surface area contributed by atoms with Crippen LogP contribution in [0.25, 0.3) is 0 Å². The third kappa shape index (κ3) is 6.59. The zero-order valence-electron chi connectivity index (χ0n) is 22.1. The van der Waals surface area contributed by atoms with Crippen molar-refractivity contribution in [3.63, 3.8) is 0 Å². The summed E-state index contributed by atoms with van der Waals surface area (Å²) in [7, 11) is 1.20. The van der Waals surface area contributed by atoms with Gasteiger partial charge >= 0.3 is 12.1 Å². The Labute approximate surface area is 225 Å². The summed E-state index contributed by atoms with van der Waals surface area (Å²) in [6.07, 6.45) is 4.50. The number of aldehydes is 1. The Morgan fingerprint density at radius 1 is 1.03 bits per heavy atom. The fraction of sp³-hybridized carbons (Fsp3) is 0.517. The van der Waals surface area contributed by atoms with Gasteiger partial charge in [-0.3, -0.25) is 9.59 Å². The van der Waals surface area contributed by atoms with E-state index in [1.165, 1.54) is 25.3 Å². The van der Waals surface area contributed by atoms with Crippen molar-refractivity contribution in [3.05, 3.63) is 47.2 Å². The number of anilines is 1. The first-order valence-electron chi connectivity index (χ1n) is 13.4. The molecular weight excluding hydrogens is 513 g/mol. The van der Waals surface area contributed by atoms with Gasteiger partial charge in [-0.2, -0.15) is 13.2 Å². The largest absolute Gasteiger partial charge is 0.465 e. The summed E-state index contributed by atoms with van der Waals surface area (Å²) in [6.45, 7) is 2.18. The molecule has 2 aromatic rings. The lowest BCUT2D eigenvalue weighted by molar-refractivity contribution is -0.138. The van der Waals surface area contributed by atoms with Crippen LogP contribution >= 0.6 is 0 Å². The van der Waals surface area contributed by atoms with E-state index in [0.717, 1.165) is 64.0 Å². The Bertz CT molecular complexity index is 1200. The number of rotatable bonds is 7. The molecule has 0 bridgehead atoms. The summed E-state index contributed by atoms with van der Waals surface area (Å²) in [5.41, 5.74) is -1.08. The van der Waals surface area contributed by atoms with E-state index in [2.05, 4.69) is 11.9 Å². The zero-order chi connectivity index (χ0) is 28.2. The fourth-order valence-electron chi connectivity index (χ4n) is 5.53. The van der Waals surface area contributed by atoms with Gasteiger partial charge in [0.1, 0.15) is 11.3 Å². The Hall–Kier alpha value is -3.43. The number of methoxy groups -OCH3 is 1. The molecule has 2 fully saturated rings. The lowest BCUT2D eigenvalue weighted by atomic mass is 9.81. The van der Waals surface area contributed by atoms with Crippen LogP contribution in [0.5, 0.6) is 11.6 Å². The molecule has 7 nitrogen and oxygen atoms in total. The molecule has 0 aliphatic heterocycles. The second kappa shape index (κ2) is 12.2. The minimum absolute atomic E-state index is 0.0242. The molecule has 2 aliphatic rings. The molecule has 1 aromatic carbocycles. The summed E-state index contributed by atoms with van der Waals surface area (Å²) in [6, 6.07) is 4.80. The maximum Gasteiger partial charge on any atom is 0.421 e. The van der Waals surface area contributed by atoms with Crippen molar-refractivity contribution >= 4 is 23.9 Å². The van der Waals surface area contributed by atoms with Crippen molar-refractivity contribution in [2.75, 3.05) is 12.0 Å². The van der Waals surface area contributed by atoms with Gasteiger partial charge in [-0.15, -0.1) is 0 Å². The second-order valence-corrected chi connectivity index (χ2v) is 10.5. The van der Waals surface area contributed by atoms with E-state index in [0.29, 0.717) is 17.7 Å². The summed E-state index contributed by atoms with van der Waals surface area (Å²) in [4.78, 5) is 43.3. The number of halogens is 3. The number of esters is 1. The standard InChI is InChI=1S/C29H33F3N2O5/c1-18-8-10-20(11-9-18)27(36)34(21-6-4-3-5-7-21)25-13-12-22(15-23(25)28(37)38-2)39-26-24(29(30,31)32)14-19(17-35)16-33-26/h12-18,20-21H,3-11H2,1-2H3/t18-,20-. The van der Waals surface area contributed by atoms with Crippen molar-refractivity contribution in [1.82, 2.24) is 4.98 Å². The van der Waals surface area contributed by atoms with E-state index in [9.17, 15) is 27.6 Å². The molecule has 210 valence electrons. The first-order valence-corrected chi connectivity index (χ1v) is 13.4. The zero-order valence-corrected chi connectivity index (χ0v) is 22.1. The molecule has 0 saturated heterocycles. The number of benzene rings is 1. The minimum Gasteiger partial charge on any atom is -0.465 e. The topological polar surface area (TPSA) is 85.8 Å². The predicted octanol–water partition coefficient (Wildman–Crippen LogP) is 6.98. The summed E-state index contributed by atoms with van der Waals surface area (Å²) in [5, 5.41) is 0. The van der Waals surface area contributed by atoms with Gasteiger partial charge in [0.15, 0.2) is 6.29 Å². The van der Waals surface area contributed by atoms with Gasteiger partial charge in [-0.05, 0) is 68.7 Å². The Morgan fingerprint density at radius 2 is 1.72 bits per heavy atom. The molecule has 4 rings (SSSR count). The third-order valence-corrected chi connectivity index (χ3v) is 7.70. The average Bonchev–Trinajstić information content (AvgIpc) is 2.94. The highest BCUT2D eigenvalue weighted by Crippen LogP contribution is 2.40. The molecule has 0 radical (unpaired) electrons. The van der Waals surface area contributed by atoms with Crippen LogP contribution in [0.2, 0.25) is 0 Å². The highest BCUT2D eigenvalue weighted by atomic mass is 19.4. The smallest absolute Gasteiger partial charge is 0.421 e. The van der Waals surface area contributed by atoms with Gasteiger partial charge in [0, 0.05) is 23.7 Å². The maximum atomic E-state index is 13.9. The quantitative estimate of drug-likeness (QED) is 0.275. The van der Waals surface area contributed by atoms with Crippen LogP contribution in [0, 0.1) is 11.8 Å². The number of amides is 1. The SMILES string of the molecule is COC(=O)c1cc(Oc2ncc(C=O)cc2C(F)(F)F)ccc1N(C(=O)[C@H]1CC[C@H](C)CC1)C1CCCCC1. The molecule has 2 aliphatic carbocycles. The summed E-state index contributed by atoms with van der Waals surface area (Å²) < 4.78 is 51.4. The fourth-order valence-corrected chi connectivity index (χ4v) is 5.53. The van der Waals surface area contributed by atoms with Gasteiger partial charge in [-0.25, -0.2) is 9.78 Å². The molecule has 39 heavy (non-hydrogen) atoms. The number of pyridine rings is 1. The maximum absolute atomic E-state index is 13.9. The molecule has 10 heteroatoms. The number of hydrogen-bond donors (Lipinski definition) is 0. The molecule has 1 amide bonds. The van der Waals surface area contributed by atoms with Crippen LogP contribution < -0.4 is 9.64 Å². The van der Waals surface area contributed by atoms with Crippen LogP contribution in [-0.2, 0) is 15.7 Å². The lowest BCUT2D eigenvalue weighted by Crippen LogP contribution is -2.46. The van der Waals surface area contributed by atoms with E-state index >= 15 is 0 Å². The van der Waals surface area contributed by atoms with E-state index in [1.54, 1.807) is 4.90 Å². The predicted molar refractivity (Wildman–Crippen MR) is 138 cm³/mol. The summed E-state index contributed by atoms with van der Waals surface area (Å²) in [5.74, 6) is -1.19. The van der Waals surface area contributed by atoms with Gasteiger partial charge in [0.2, 0.25) is 11.8 Å². The number of aromatic nitrogens is 1. The van der Waals surface area contributed by atoms with Crippen LogP contribution in [0.4, 0.5) is 18.9 Å². The highest BCUT2D eigenvalue weighted by molar-refractivity contribution is 6.04. The van der Waals surface area contributed by atoms with Crippen LogP contribution in [-0.4, -0.2) is 36.3 Å². The number of hydrogen-bond acceptors (Lipinski definition) is 6. The van der Waals surface area contributed by atoms with Crippen molar-refractivity contribution in [1.29, 1.82) is 0 Å². The molecule has 0 unspecified atom stereocenters. The number of carbonyl (C=O) groups excluding carboxylic acids is 3. The Balaban J connectivity index is 1.73. The summed E-state index contributed by atoms with van der Waals surface area (Å²) >= 11 is 0. The molecule has 0 N–H and O–H groups in total. The van der Waals surface area contributed by atoms with Gasteiger partial charge in [-0.1, -0.05) is 26.2 Å². The van der Waals surface area contributed by atoms with E-state index in [4.69, 9.17) is 9.47 Å². The van der Waals surface area contributed by atoms with E-state index < -0.39 is 23.6 Å². The average molecular weight is 547 g/mol. The number of nitrogens with zero attached hydrogens (tertiary/aromatic N) is 2. The number of ether oxygens (including phenoxy) is 2. The van der Waals surface area contributed by atoms with E-state index in [1.807, 2.05) is 0 Å². The third-order valence-electron chi connectivity index (χ3n) is 7.70. The monoisotopic (exact) mass is 546 g/mol. The van der Waals surface area contributed by atoms with Crippen molar-refractivity contribution < 1.29 is 37.0 Å². The first kappa shape index (κ1) is 28.6. The highest BCUT2D eigenvalue weighted by Gasteiger charge is 2.37. The molecule has 0 atom stereocenters. The first-order chi connectivity index (χ1) is 18.6. The molecular formula is C29H33F3N2O5. The molecule has 0 spiro atoms. The normalized spacial score (nSPS) is 20.2. The van der Waals surface area contributed by atoms with Crippen LogP contribution in [0.15, 0.2) is 30.5 Å². The van der Waals surface area contributed by atoms with Gasteiger partial charge in [0.25, 0.3) is 0 Å². The molecule has 1 heterocycles. The van der Waals surface area contributed by atoms with Gasteiger partial charge < -0.3 is 14.4 Å². The van der Waals surface area contributed by atoms with Gasteiger partial charge in [0.05, 0.1) is 18.4 Å². The minimum atomic E-state index is -4.83. The number of carbonyl (C=O) groups is 3. The van der Waals surface area contributed by atoms with Crippen molar-refractivity contribution in [3.8, 4) is 11.6 Å². The van der Waals surface area contributed by atoms with E-state index in [-0.39, 0.29) is 41.0 Å². The van der Waals surface area contributed by atoms with Crippen LogP contribution in [0.3, 0.4) is 0 Å².